The Balaban J connectivity index is 2.76. The molecule has 1 amide bonds. The zero-order valence-electron chi connectivity index (χ0n) is 11.5. The molecule has 104 valence electrons. The average molecular weight is 256 g/mol. The maximum absolute atomic E-state index is 12.5. The minimum absolute atomic E-state index is 0.0138. The number of carbonyl (C=O) groups is 2. The smallest absolute Gasteiger partial charge is 0.323 e. The molecule has 0 unspecified atom stereocenters. The van der Waals surface area contributed by atoms with E-state index < -0.39 is 11.4 Å². The van der Waals surface area contributed by atoms with Gasteiger partial charge in [-0.15, -0.1) is 0 Å². The molecule has 1 saturated heterocycles. The number of hydrogen-bond acceptors (Lipinski definition) is 3. The van der Waals surface area contributed by atoms with Gasteiger partial charge < -0.3 is 15.3 Å². The van der Waals surface area contributed by atoms with Crippen LogP contribution in [0.1, 0.15) is 33.6 Å². The number of amides is 1. The van der Waals surface area contributed by atoms with Gasteiger partial charge in [-0.3, -0.25) is 9.59 Å². The summed E-state index contributed by atoms with van der Waals surface area (Å²) < 4.78 is 0. The number of aliphatic carboxylic acids is 1. The molecule has 1 rings (SSSR count). The van der Waals surface area contributed by atoms with E-state index in [0.29, 0.717) is 6.54 Å². The third-order valence-electron chi connectivity index (χ3n) is 3.42. The predicted molar refractivity (Wildman–Crippen MR) is 69.3 cm³/mol. The summed E-state index contributed by atoms with van der Waals surface area (Å²) in [7, 11) is 0. The molecular formula is C13H24N2O3. The van der Waals surface area contributed by atoms with Crippen LogP contribution < -0.4 is 5.32 Å². The summed E-state index contributed by atoms with van der Waals surface area (Å²) in [5.74, 6) is -0.680. The van der Waals surface area contributed by atoms with Gasteiger partial charge in [-0.05, 0) is 31.8 Å². The molecule has 0 atom stereocenters. The lowest BCUT2D eigenvalue weighted by atomic mass is 9.79. The Hall–Kier alpha value is -1.10. The van der Waals surface area contributed by atoms with Crippen LogP contribution in [-0.2, 0) is 9.59 Å². The van der Waals surface area contributed by atoms with Crippen LogP contribution in [0.3, 0.4) is 0 Å². The van der Waals surface area contributed by atoms with E-state index in [2.05, 4.69) is 5.32 Å². The maximum Gasteiger partial charge on any atom is 0.323 e. The lowest BCUT2D eigenvalue weighted by Gasteiger charge is -2.37. The number of rotatable bonds is 5. The van der Waals surface area contributed by atoms with E-state index in [1.165, 1.54) is 4.90 Å². The lowest BCUT2D eigenvalue weighted by Crippen LogP contribution is -2.50. The van der Waals surface area contributed by atoms with Crippen molar-refractivity contribution in [2.45, 2.75) is 33.6 Å². The van der Waals surface area contributed by atoms with Crippen molar-refractivity contribution in [1.82, 2.24) is 10.2 Å². The molecule has 0 radical (unpaired) electrons. The predicted octanol–water partition coefficient (Wildman–Crippen LogP) is 0.945. The van der Waals surface area contributed by atoms with Gasteiger partial charge in [0.05, 0.1) is 0 Å². The normalized spacial score (nSPS) is 18.7. The second kappa shape index (κ2) is 6.18. The van der Waals surface area contributed by atoms with Gasteiger partial charge >= 0.3 is 5.97 Å². The lowest BCUT2D eigenvalue weighted by molar-refractivity contribution is -0.150. The fraction of sp³-hybridized carbons (Fsp3) is 0.846. The topological polar surface area (TPSA) is 69.6 Å². The Morgan fingerprint density at radius 1 is 1.33 bits per heavy atom. The van der Waals surface area contributed by atoms with Crippen LogP contribution in [0.5, 0.6) is 0 Å². The minimum atomic E-state index is -0.943. The maximum atomic E-state index is 12.5. The van der Waals surface area contributed by atoms with Gasteiger partial charge in [-0.1, -0.05) is 20.8 Å². The standard InChI is InChI=1S/C13H24N2O3/c1-10(2)8-15(9-11(16)17)12(18)13(3)4-6-14-7-5-13/h10,14H,4-9H2,1-3H3,(H,16,17). The van der Waals surface area contributed by atoms with Crippen molar-refractivity contribution in [2.75, 3.05) is 26.2 Å². The van der Waals surface area contributed by atoms with Crippen LogP contribution in [0, 0.1) is 11.3 Å². The van der Waals surface area contributed by atoms with Gasteiger partial charge in [0.2, 0.25) is 5.91 Å². The van der Waals surface area contributed by atoms with Crippen molar-refractivity contribution in [3.05, 3.63) is 0 Å². The van der Waals surface area contributed by atoms with Crippen LogP contribution in [-0.4, -0.2) is 48.1 Å². The van der Waals surface area contributed by atoms with E-state index in [4.69, 9.17) is 5.11 Å². The molecule has 1 fully saturated rings. The summed E-state index contributed by atoms with van der Waals surface area (Å²) in [6, 6.07) is 0. The molecular weight excluding hydrogens is 232 g/mol. The van der Waals surface area contributed by atoms with Crippen LogP contribution in [0.25, 0.3) is 0 Å². The molecule has 0 spiro atoms. The average Bonchev–Trinajstić information content (AvgIpc) is 2.27. The molecule has 18 heavy (non-hydrogen) atoms. The van der Waals surface area contributed by atoms with Crippen molar-refractivity contribution < 1.29 is 14.7 Å². The number of carboxylic acid groups (broad SMARTS) is 1. The Bertz CT molecular complexity index is 309. The molecule has 5 nitrogen and oxygen atoms in total. The summed E-state index contributed by atoms with van der Waals surface area (Å²) in [4.78, 5) is 24.9. The highest BCUT2D eigenvalue weighted by Gasteiger charge is 2.38. The van der Waals surface area contributed by atoms with Gasteiger partial charge in [0.15, 0.2) is 0 Å². The number of nitrogens with one attached hydrogen (secondary N) is 1. The second-order valence-corrected chi connectivity index (χ2v) is 5.78. The Morgan fingerprint density at radius 2 is 1.89 bits per heavy atom. The molecule has 0 aromatic carbocycles. The van der Waals surface area contributed by atoms with Crippen molar-refractivity contribution >= 4 is 11.9 Å². The van der Waals surface area contributed by atoms with Crippen LogP contribution in [0.2, 0.25) is 0 Å². The first-order chi connectivity index (χ1) is 8.35. The molecule has 5 heteroatoms. The van der Waals surface area contributed by atoms with E-state index in [1.54, 1.807) is 0 Å². The quantitative estimate of drug-likeness (QED) is 0.768. The molecule has 1 aliphatic rings. The van der Waals surface area contributed by atoms with Crippen LogP contribution >= 0.6 is 0 Å². The van der Waals surface area contributed by atoms with Crippen LogP contribution in [0.15, 0.2) is 0 Å². The fourth-order valence-corrected chi connectivity index (χ4v) is 2.40. The molecule has 0 aromatic heterocycles. The van der Waals surface area contributed by atoms with Gasteiger partial charge in [0.1, 0.15) is 6.54 Å². The van der Waals surface area contributed by atoms with E-state index >= 15 is 0 Å². The number of carbonyl (C=O) groups excluding carboxylic acids is 1. The van der Waals surface area contributed by atoms with E-state index in [0.717, 1.165) is 25.9 Å². The molecule has 0 aromatic rings. The van der Waals surface area contributed by atoms with Crippen molar-refractivity contribution in [2.24, 2.45) is 11.3 Å². The third kappa shape index (κ3) is 3.98. The number of hydrogen-bond donors (Lipinski definition) is 2. The summed E-state index contributed by atoms with van der Waals surface area (Å²) in [6.45, 7) is 7.90. The Labute approximate surface area is 109 Å². The molecule has 0 bridgehead atoms. The second-order valence-electron chi connectivity index (χ2n) is 5.78. The van der Waals surface area contributed by atoms with E-state index in [-0.39, 0.29) is 18.4 Å². The van der Waals surface area contributed by atoms with E-state index in [9.17, 15) is 9.59 Å². The Kier molecular flexibility index (Phi) is 5.14. The number of carboxylic acids is 1. The SMILES string of the molecule is CC(C)CN(CC(=O)O)C(=O)C1(C)CCNCC1. The molecule has 1 heterocycles. The molecule has 0 aliphatic carbocycles. The van der Waals surface area contributed by atoms with E-state index in [1.807, 2.05) is 20.8 Å². The molecule has 0 saturated carbocycles. The van der Waals surface area contributed by atoms with Gasteiger partial charge in [-0.2, -0.15) is 0 Å². The van der Waals surface area contributed by atoms with Gasteiger partial charge in [0, 0.05) is 12.0 Å². The third-order valence-corrected chi connectivity index (χ3v) is 3.42. The van der Waals surface area contributed by atoms with Crippen LogP contribution in [0.4, 0.5) is 0 Å². The summed E-state index contributed by atoms with van der Waals surface area (Å²) in [6.07, 6.45) is 1.56. The van der Waals surface area contributed by atoms with Crippen molar-refractivity contribution in [3.63, 3.8) is 0 Å². The summed E-state index contributed by atoms with van der Waals surface area (Å²) in [5, 5.41) is 12.1. The first-order valence-electron chi connectivity index (χ1n) is 6.57. The highest BCUT2D eigenvalue weighted by molar-refractivity contribution is 5.85. The minimum Gasteiger partial charge on any atom is -0.480 e. The monoisotopic (exact) mass is 256 g/mol. The first kappa shape index (κ1) is 15.0. The van der Waals surface area contributed by atoms with Crippen molar-refractivity contribution in [3.8, 4) is 0 Å². The van der Waals surface area contributed by atoms with Gasteiger partial charge in [0.25, 0.3) is 0 Å². The van der Waals surface area contributed by atoms with Gasteiger partial charge in [-0.25, -0.2) is 0 Å². The highest BCUT2D eigenvalue weighted by Crippen LogP contribution is 2.30. The number of nitrogens with zero attached hydrogens (tertiary/aromatic N) is 1. The number of piperidine rings is 1. The summed E-state index contributed by atoms with van der Waals surface area (Å²) >= 11 is 0. The zero-order chi connectivity index (χ0) is 13.8. The molecule has 1 aliphatic heterocycles. The fourth-order valence-electron chi connectivity index (χ4n) is 2.40. The zero-order valence-corrected chi connectivity index (χ0v) is 11.5. The first-order valence-corrected chi connectivity index (χ1v) is 6.57. The summed E-state index contributed by atoms with van der Waals surface area (Å²) in [5.41, 5.74) is -0.407. The largest absolute Gasteiger partial charge is 0.480 e. The van der Waals surface area contributed by atoms with Crippen molar-refractivity contribution in [1.29, 1.82) is 0 Å². The Morgan fingerprint density at radius 3 is 2.33 bits per heavy atom. The molecule has 2 N–H and O–H groups in total. The highest BCUT2D eigenvalue weighted by atomic mass is 16.4.